The molecule has 2 heterocycles. The molecule has 3 atom stereocenters. The predicted octanol–water partition coefficient (Wildman–Crippen LogP) is 1.45. The Kier molecular flexibility index (Phi) is 13.5. The fourth-order valence-electron chi connectivity index (χ4n) is 5.89. The van der Waals surface area contributed by atoms with Crippen molar-refractivity contribution >= 4 is 29.5 Å². The van der Waals surface area contributed by atoms with Gasteiger partial charge < -0.3 is 36.1 Å². The Hall–Kier alpha value is -5.27. The normalized spacial score (nSPS) is 21.3. The van der Waals surface area contributed by atoms with Crippen LogP contribution in [0.4, 0.5) is 0 Å². The summed E-state index contributed by atoms with van der Waals surface area (Å²) >= 11 is 0. The van der Waals surface area contributed by atoms with Crippen LogP contribution in [0.2, 0.25) is 0 Å². The van der Waals surface area contributed by atoms with Gasteiger partial charge in [0.05, 0.1) is 31.8 Å². The van der Waals surface area contributed by atoms with E-state index in [1.165, 1.54) is 6.92 Å². The molecule has 0 unspecified atom stereocenters. The molecule has 3 aromatic rings. The van der Waals surface area contributed by atoms with Crippen LogP contribution in [0.15, 0.2) is 78.9 Å². The Balaban J connectivity index is 1.31. The second-order valence-corrected chi connectivity index (χ2v) is 12.7. The minimum Gasteiger partial charge on any atom is -0.493 e. The van der Waals surface area contributed by atoms with Crippen LogP contribution in [0.1, 0.15) is 46.8 Å². The molecule has 0 bridgehead atoms. The first kappa shape index (κ1) is 37.0. The van der Waals surface area contributed by atoms with Gasteiger partial charge in [-0.3, -0.25) is 28.9 Å². The molecule has 5 N–H and O–H groups in total. The predicted molar refractivity (Wildman–Crippen MR) is 190 cm³/mol. The van der Waals surface area contributed by atoms with Crippen LogP contribution in [-0.2, 0) is 43.4 Å². The summed E-state index contributed by atoms with van der Waals surface area (Å²) in [5.74, 6) is -2.46. The molecule has 1 saturated heterocycles. The summed E-state index contributed by atoms with van der Waals surface area (Å²) in [6, 6.07) is 20.6. The van der Waals surface area contributed by atoms with Crippen molar-refractivity contribution in [3.63, 3.8) is 0 Å². The lowest BCUT2D eigenvalue weighted by atomic mass is 10.0. The number of amides is 5. The highest BCUT2D eigenvalue weighted by Gasteiger charge is 2.29. The van der Waals surface area contributed by atoms with Gasteiger partial charge in [0.1, 0.15) is 23.9 Å². The van der Waals surface area contributed by atoms with Crippen molar-refractivity contribution < 1.29 is 33.4 Å². The molecule has 270 valence electrons. The lowest BCUT2D eigenvalue weighted by Gasteiger charge is -2.26. The van der Waals surface area contributed by atoms with Crippen molar-refractivity contribution in [2.75, 3.05) is 39.5 Å². The van der Waals surface area contributed by atoms with Gasteiger partial charge in [-0.25, -0.2) is 0 Å². The monoisotopic (exact) mass is 698 g/mol. The van der Waals surface area contributed by atoms with E-state index < -0.39 is 48.2 Å². The van der Waals surface area contributed by atoms with E-state index in [2.05, 4.69) is 31.5 Å². The van der Waals surface area contributed by atoms with Crippen molar-refractivity contribution in [3.8, 4) is 5.75 Å². The molecule has 5 rings (SSSR count). The SMILES string of the molecule is C[C@@H]1NC(=O)C[C@@H](C(=O)NCc2cccc(CN3CCOCC3)c2)NC(=O)c2ccccc2OCCCNC(=O)[C@H](Cc2ccccc2)NC1=O. The van der Waals surface area contributed by atoms with E-state index >= 15 is 0 Å². The summed E-state index contributed by atoms with van der Waals surface area (Å²) in [5.41, 5.74) is 3.00. The molecule has 0 aliphatic carbocycles. The van der Waals surface area contributed by atoms with E-state index in [0.29, 0.717) is 25.4 Å². The Labute approximate surface area is 297 Å². The van der Waals surface area contributed by atoms with Crippen molar-refractivity contribution in [2.45, 2.75) is 57.4 Å². The smallest absolute Gasteiger partial charge is 0.255 e. The summed E-state index contributed by atoms with van der Waals surface area (Å²) in [5, 5.41) is 13.8. The third kappa shape index (κ3) is 11.4. The van der Waals surface area contributed by atoms with E-state index in [1.54, 1.807) is 24.3 Å². The highest BCUT2D eigenvalue weighted by Crippen LogP contribution is 2.19. The second-order valence-electron chi connectivity index (χ2n) is 12.7. The van der Waals surface area contributed by atoms with Crippen molar-refractivity contribution in [2.24, 2.45) is 0 Å². The number of para-hydroxylation sites is 1. The molecule has 0 aromatic heterocycles. The zero-order valence-corrected chi connectivity index (χ0v) is 28.8. The van der Waals surface area contributed by atoms with Gasteiger partial charge in [0.2, 0.25) is 23.6 Å². The van der Waals surface area contributed by atoms with E-state index in [0.717, 1.165) is 36.3 Å². The molecular formula is C38H46N6O7. The van der Waals surface area contributed by atoms with Gasteiger partial charge in [-0.05, 0) is 42.2 Å². The molecule has 1 fully saturated rings. The zero-order valence-electron chi connectivity index (χ0n) is 28.8. The number of nitrogens with zero attached hydrogens (tertiary/aromatic N) is 1. The Morgan fingerprint density at radius 1 is 0.824 bits per heavy atom. The number of carbonyl (C=O) groups is 5. The van der Waals surface area contributed by atoms with Crippen LogP contribution in [0.5, 0.6) is 5.75 Å². The molecule has 0 radical (unpaired) electrons. The number of benzene rings is 3. The number of nitrogens with one attached hydrogen (secondary N) is 5. The van der Waals surface area contributed by atoms with Crippen molar-refractivity contribution in [3.05, 3.63) is 101 Å². The van der Waals surface area contributed by atoms with Crippen LogP contribution >= 0.6 is 0 Å². The maximum absolute atomic E-state index is 13.6. The van der Waals surface area contributed by atoms with Gasteiger partial charge in [-0.1, -0.05) is 66.7 Å². The van der Waals surface area contributed by atoms with Crippen LogP contribution in [0.3, 0.4) is 0 Å². The van der Waals surface area contributed by atoms with E-state index in [4.69, 9.17) is 9.47 Å². The third-order valence-electron chi connectivity index (χ3n) is 8.68. The molecule has 2 aliphatic heterocycles. The largest absolute Gasteiger partial charge is 0.493 e. The molecule has 51 heavy (non-hydrogen) atoms. The maximum Gasteiger partial charge on any atom is 0.255 e. The zero-order chi connectivity index (χ0) is 36.0. The highest BCUT2D eigenvalue weighted by molar-refractivity contribution is 6.01. The van der Waals surface area contributed by atoms with Crippen LogP contribution < -0.4 is 31.3 Å². The van der Waals surface area contributed by atoms with Crippen molar-refractivity contribution in [1.29, 1.82) is 0 Å². The molecular weight excluding hydrogens is 652 g/mol. The number of fused-ring (bicyclic) bond motifs is 1. The van der Waals surface area contributed by atoms with E-state index in [1.807, 2.05) is 54.6 Å². The molecule has 0 saturated carbocycles. The highest BCUT2D eigenvalue weighted by atomic mass is 16.5. The van der Waals surface area contributed by atoms with Gasteiger partial charge in [0, 0.05) is 39.1 Å². The number of rotatable bonds is 7. The fourth-order valence-corrected chi connectivity index (χ4v) is 5.89. The molecule has 5 amide bonds. The first-order valence-electron chi connectivity index (χ1n) is 17.3. The third-order valence-corrected chi connectivity index (χ3v) is 8.68. The standard InChI is InChI=1S/C38H46N6O7/c1-26-35(46)42-31(22-27-9-3-2-4-10-27)37(48)39-15-8-18-51-33-14-6-5-13-30(33)36(47)43-32(23-34(45)41-26)38(49)40-24-28-11-7-12-29(21-28)25-44-16-19-50-20-17-44/h2-7,9-14,21,26,31-32H,8,15-20,22-25H2,1H3,(H,39,48)(H,40,49)(H,41,45)(H,42,46)(H,43,47)/t26-,31-,32-/m0/s1. The Morgan fingerprint density at radius 3 is 2.35 bits per heavy atom. The van der Waals surface area contributed by atoms with Crippen LogP contribution in [-0.4, -0.2) is 92.0 Å². The topological polar surface area (TPSA) is 167 Å². The number of carbonyl (C=O) groups excluding carboxylic acids is 5. The molecule has 2 aliphatic rings. The quantitative estimate of drug-likeness (QED) is 0.247. The summed E-state index contributed by atoms with van der Waals surface area (Å²) in [6.07, 6.45) is 0.232. The van der Waals surface area contributed by atoms with Crippen molar-refractivity contribution in [1.82, 2.24) is 31.5 Å². The van der Waals surface area contributed by atoms with E-state index in [-0.39, 0.29) is 37.6 Å². The maximum atomic E-state index is 13.6. The second kappa shape index (κ2) is 18.6. The molecule has 0 spiro atoms. The summed E-state index contributed by atoms with van der Waals surface area (Å²) in [6.45, 7) is 5.97. The Bertz CT molecular complexity index is 1660. The lowest BCUT2D eigenvalue weighted by molar-refractivity contribution is -0.132. The van der Waals surface area contributed by atoms with E-state index in [9.17, 15) is 24.0 Å². The van der Waals surface area contributed by atoms with Gasteiger partial charge in [0.25, 0.3) is 5.91 Å². The Morgan fingerprint density at radius 2 is 1.55 bits per heavy atom. The molecule has 13 heteroatoms. The first-order chi connectivity index (χ1) is 24.7. The minimum atomic E-state index is -1.27. The molecule has 13 nitrogen and oxygen atoms in total. The van der Waals surface area contributed by atoms with Gasteiger partial charge in [0.15, 0.2) is 0 Å². The average molecular weight is 699 g/mol. The lowest BCUT2D eigenvalue weighted by Crippen LogP contribution is -2.55. The number of ether oxygens (including phenoxy) is 2. The average Bonchev–Trinajstić information content (AvgIpc) is 3.13. The van der Waals surface area contributed by atoms with Gasteiger partial charge in [-0.2, -0.15) is 0 Å². The number of hydrogen-bond acceptors (Lipinski definition) is 8. The summed E-state index contributed by atoms with van der Waals surface area (Å²) < 4.78 is 11.4. The first-order valence-corrected chi connectivity index (χ1v) is 17.3. The number of hydrogen-bond donors (Lipinski definition) is 5. The van der Waals surface area contributed by atoms with Crippen LogP contribution in [0.25, 0.3) is 0 Å². The van der Waals surface area contributed by atoms with Gasteiger partial charge >= 0.3 is 0 Å². The summed E-state index contributed by atoms with van der Waals surface area (Å²) in [7, 11) is 0. The van der Waals surface area contributed by atoms with Crippen LogP contribution in [0, 0.1) is 0 Å². The fraction of sp³-hybridized carbons (Fsp3) is 0.395. The minimum absolute atomic E-state index is 0.174. The van der Waals surface area contributed by atoms with Gasteiger partial charge in [-0.15, -0.1) is 0 Å². The summed E-state index contributed by atoms with van der Waals surface area (Å²) in [4.78, 5) is 69.2. The molecule has 3 aromatic carbocycles. The number of morpholine rings is 1.